The van der Waals surface area contributed by atoms with E-state index in [4.69, 9.17) is 10.5 Å². The topological polar surface area (TPSA) is 65.2 Å². The highest BCUT2D eigenvalue weighted by molar-refractivity contribution is 8.00. The van der Waals surface area contributed by atoms with Gasteiger partial charge in [-0.05, 0) is 45.0 Å². The number of fused-ring (bicyclic) bond motifs is 1. The van der Waals surface area contributed by atoms with Crippen molar-refractivity contribution in [3.05, 3.63) is 30.5 Å². The molecule has 0 fully saturated rings. The largest absolute Gasteiger partial charge is 0.459 e. The number of aromatic nitrogens is 1. The summed E-state index contributed by atoms with van der Waals surface area (Å²) in [4.78, 5) is 17.0. The molecule has 0 spiro atoms. The molecule has 2 N–H and O–H groups in total. The Labute approximate surface area is 122 Å². The van der Waals surface area contributed by atoms with E-state index in [9.17, 15) is 4.79 Å². The highest BCUT2D eigenvalue weighted by atomic mass is 32.2. The lowest BCUT2D eigenvalue weighted by Gasteiger charge is -2.19. The van der Waals surface area contributed by atoms with Crippen LogP contribution in [0.4, 0.5) is 5.69 Å². The Bertz CT molecular complexity index is 635. The third-order valence-electron chi connectivity index (χ3n) is 2.53. The average molecular weight is 290 g/mol. The summed E-state index contributed by atoms with van der Waals surface area (Å²) in [6, 6.07) is 7.50. The number of hydrogen-bond donors (Lipinski definition) is 1. The number of benzene rings is 1. The number of carbonyl (C=O) groups is 1. The number of nitrogens with two attached hydrogens (primary N) is 1. The first-order valence-electron chi connectivity index (χ1n) is 6.35. The average Bonchev–Trinajstić information content (AvgIpc) is 2.36. The Morgan fingerprint density at radius 1 is 1.35 bits per heavy atom. The first-order chi connectivity index (χ1) is 9.37. The van der Waals surface area contributed by atoms with E-state index in [2.05, 4.69) is 4.98 Å². The van der Waals surface area contributed by atoms with Crippen molar-refractivity contribution in [3.8, 4) is 0 Å². The maximum atomic E-state index is 11.7. The van der Waals surface area contributed by atoms with E-state index in [-0.39, 0.29) is 11.7 Å². The summed E-state index contributed by atoms with van der Waals surface area (Å²) < 4.78 is 5.29. The zero-order chi connectivity index (χ0) is 14.8. The molecule has 20 heavy (non-hydrogen) atoms. The standard InChI is InChI=1S/C15H18N2O2S/c1-15(2,3)19-13(18)9-20-12-7-6-11(16)10-5-4-8-17-14(10)12/h4-8H,9,16H2,1-3H3. The minimum atomic E-state index is -0.459. The number of carbonyl (C=O) groups excluding carboxylic acids is 1. The molecule has 0 saturated carbocycles. The summed E-state index contributed by atoms with van der Waals surface area (Å²) in [7, 11) is 0. The summed E-state index contributed by atoms with van der Waals surface area (Å²) in [5.41, 5.74) is 6.97. The van der Waals surface area contributed by atoms with Gasteiger partial charge in [0.2, 0.25) is 0 Å². The number of ether oxygens (including phenoxy) is 1. The maximum Gasteiger partial charge on any atom is 0.316 e. The molecule has 2 rings (SSSR count). The molecule has 0 bridgehead atoms. The second-order valence-electron chi connectivity index (χ2n) is 5.43. The Morgan fingerprint density at radius 2 is 2.10 bits per heavy atom. The van der Waals surface area contributed by atoms with E-state index >= 15 is 0 Å². The normalized spacial score (nSPS) is 11.6. The molecule has 0 aliphatic rings. The minimum Gasteiger partial charge on any atom is -0.459 e. The zero-order valence-electron chi connectivity index (χ0n) is 11.8. The molecule has 0 saturated heterocycles. The quantitative estimate of drug-likeness (QED) is 0.534. The van der Waals surface area contributed by atoms with Crippen molar-refractivity contribution < 1.29 is 9.53 Å². The predicted octanol–water partition coefficient (Wildman–Crippen LogP) is 3.25. The summed E-state index contributed by atoms with van der Waals surface area (Å²) in [6.45, 7) is 5.57. The van der Waals surface area contributed by atoms with Crippen LogP contribution < -0.4 is 5.73 Å². The van der Waals surface area contributed by atoms with Crippen molar-refractivity contribution >= 4 is 34.3 Å². The second-order valence-corrected chi connectivity index (χ2v) is 6.44. The van der Waals surface area contributed by atoms with Gasteiger partial charge in [-0.1, -0.05) is 0 Å². The molecule has 4 nitrogen and oxygen atoms in total. The molecule has 1 aromatic heterocycles. The predicted molar refractivity (Wildman–Crippen MR) is 82.7 cm³/mol. The van der Waals surface area contributed by atoms with Gasteiger partial charge in [-0.2, -0.15) is 0 Å². The second kappa shape index (κ2) is 5.71. The van der Waals surface area contributed by atoms with Gasteiger partial charge in [-0.25, -0.2) is 0 Å². The van der Waals surface area contributed by atoms with Gasteiger partial charge in [0.05, 0.1) is 11.3 Å². The van der Waals surface area contributed by atoms with Crippen LogP contribution in [0.1, 0.15) is 20.8 Å². The lowest BCUT2D eigenvalue weighted by Crippen LogP contribution is -2.24. The molecule has 0 radical (unpaired) electrons. The summed E-state index contributed by atoms with van der Waals surface area (Å²) >= 11 is 1.41. The van der Waals surface area contributed by atoms with Crippen LogP contribution >= 0.6 is 11.8 Å². The Morgan fingerprint density at radius 3 is 2.80 bits per heavy atom. The van der Waals surface area contributed by atoms with E-state index in [0.717, 1.165) is 15.8 Å². The van der Waals surface area contributed by atoms with Gasteiger partial charge in [0.25, 0.3) is 0 Å². The number of nitrogen functional groups attached to an aromatic ring is 1. The third-order valence-corrected chi connectivity index (χ3v) is 3.55. The number of hydrogen-bond acceptors (Lipinski definition) is 5. The van der Waals surface area contributed by atoms with Crippen LogP contribution in [0.2, 0.25) is 0 Å². The van der Waals surface area contributed by atoms with Gasteiger partial charge >= 0.3 is 5.97 Å². The number of esters is 1. The number of nitrogens with zero attached hydrogens (tertiary/aromatic N) is 1. The van der Waals surface area contributed by atoms with Gasteiger partial charge in [0, 0.05) is 22.2 Å². The first-order valence-corrected chi connectivity index (χ1v) is 7.33. The SMILES string of the molecule is CC(C)(C)OC(=O)CSc1ccc(N)c2cccnc12. The van der Waals surface area contributed by atoms with Crippen LogP contribution in [0.25, 0.3) is 10.9 Å². The molecule has 0 unspecified atom stereocenters. The number of rotatable bonds is 3. The Hall–Kier alpha value is -1.75. The molecule has 0 aliphatic heterocycles. The van der Waals surface area contributed by atoms with Crippen LogP contribution in [0.3, 0.4) is 0 Å². The molecular weight excluding hydrogens is 272 g/mol. The van der Waals surface area contributed by atoms with Gasteiger partial charge in [-0.3, -0.25) is 9.78 Å². The van der Waals surface area contributed by atoms with E-state index in [0.29, 0.717) is 5.69 Å². The van der Waals surface area contributed by atoms with Crippen LogP contribution in [-0.2, 0) is 9.53 Å². The van der Waals surface area contributed by atoms with Crippen LogP contribution in [0, 0.1) is 0 Å². The molecule has 0 aliphatic carbocycles. The fraction of sp³-hybridized carbons (Fsp3) is 0.333. The molecule has 1 aromatic carbocycles. The van der Waals surface area contributed by atoms with E-state index in [1.807, 2.05) is 45.0 Å². The van der Waals surface area contributed by atoms with Crippen molar-refractivity contribution in [3.63, 3.8) is 0 Å². The Kier molecular flexibility index (Phi) is 4.18. The van der Waals surface area contributed by atoms with Gasteiger partial charge < -0.3 is 10.5 Å². The molecule has 2 aromatic rings. The molecule has 0 amide bonds. The van der Waals surface area contributed by atoms with Crippen molar-refractivity contribution in [1.82, 2.24) is 4.98 Å². The van der Waals surface area contributed by atoms with Crippen LogP contribution in [0.15, 0.2) is 35.4 Å². The fourth-order valence-electron chi connectivity index (χ4n) is 1.79. The summed E-state index contributed by atoms with van der Waals surface area (Å²) in [6.07, 6.45) is 1.72. The smallest absolute Gasteiger partial charge is 0.316 e. The first kappa shape index (κ1) is 14.7. The highest BCUT2D eigenvalue weighted by Crippen LogP contribution is 2.30. The van der Waals surface area contributed by atoms with Gasteiger partial charge in [0.15, 0.2) is 0 Å². The van der Waals surface area contributed by atoms with Gasteiger partial charge in [-0.15, -0.1) is 11.8 Å². The maximum absolute atomic E-state index is 11.7. The molecule has 1 heterocycles. The highest BCUT2D eigenvalue weighted by Gasteiger charge is 2.17. The van der Waals surface area contributed by atoms with Crippen molar-refractivity contribution in [2.75, 3.05) is 11.5 Å². The van der Waals surface area contributed by atoms with Crippen molar-refractivity contribution in [2.24, 2.45) is 0 Å². The van der Waals surface area contributed by atoms with Crippen LogP contribution in [0.5, 0.6) is 0 Å². The lowest BCUT2D eigenvalue weighted by atomic mass is 10.2. The monoisotopic (exact) mass is 290 g/mol. The number of anilines is 1. The Balaban J connectivity index is 2.15. The van der Waals surface area contributed by atoms with Gasteiger partial charge in [0.1, 0.15) is 5.60 Å². The zero-order valence-corrected chi connectivity index (χ0v) is 12.7. The fourth-order valence-corrected chi connectivity index (χ4v) is 2.59. The summed E-state index contributed by atoms with van der Waals surface area (Å²) in [5, 5.41) is 0.904. The lowest BCUT2D eigenvalue weighted by molar-refractivity contribution is -0.151. The molecule has 5 heteroatoms. The molecule has 106 valence electrons. The third kappa shape index (κ3) is 3.63. The minimum absolute atomic E-state index is 0.233. The molecule has 0 atom stereocenters. The van der Waals surface area contributed by atoms with E-state index in [1.165, 1.54) is 11.8 Å². The van der Waals surface area contributed by atoms with Crippen molar-refractivity contribution in [1.29, 1.82) is 0 Å². The van der Waals surface area contributed by atoms with Crippen LogP contribution in [-0.4, -0.2) is 22.3 Å². The van der Waals surface area contributed by atoms with E-state index in [1.54, 1.807) is 6.20 Å². The molecular formula is C15H18N2O2S. The number of pyridine rings is 1. The van der Waals surface area contributed by atoms with Crippen molar-refractivity contribution in [2.45, 2.75) is 31.3 Å². The van der Waals surface area contributed by atoms with E-state index < -0.39 is 5.60 Å². The number of thioether (sulfide) groups is 1. The summed E-state index contributed by atoms with van der Waals surface area (Å²) in [5.74, 6) is 0.0239.